The first kappa shape index (κ1) is 14.4. The molecular weight excluding hydrogens is 313 g/mol. The van der Waals surface area contributed by atoms with Crippen LogP contribution in [0.15, 0.2) is 12.1 Å². The van der Waals surface area contributed by atoms with Gasteiger partial charge in [0, 0.05) is 11.3 Å². The van der Waals surface area contributed by atoms with Crippen molar-refractivity contribution in [3.05, 3.63) is 22.2 Å². The number of thioether (sulfide) groups is 1. The fraction of sp³-hybridized carbons (Fsp3) is 0.500. The maximum absolute atomic E-state index is 6.14. The van der Waals surface area contributed by atoms with Crippen LogP contribution >= 0.6 is 35.0 Å². The smallest absolute Gasteiger partial charge is 0.201 e. The molecule has 1 aliphatic rings. The summed E-state index contributed by atoms with van der Waals surface area (Å²) in [5.74, 6) is 0.540. The predicted octanol–water partition coefficient (Wildman–Crippen LogP) is 4.60. The number of anilines is 1. The van der Waals surface area contributed by atoms with Crippen molar-refractivity contribution in [1.29, 1.82) is 0 Å². The first-order chi connectivity index (χ1) is 9.54. The first-order valence-electron chi connectivity index (χ1n) is 6.71. The quantitative estimate of drug-likeness (QED) is 0.894. The van der Waals surface area contributed by atoms with Gasteiger partial charge in [0.25, 0.3) is 0 Å². The number of hydrogen-bond donors (Lipinski definition) is 1. The van der Waals surface area contributed by atoms with Crippen LogP contribution in [0, 0.1) is 0 Å². The van der Waals surface area contributed by atoms with E-state index in [1.165, 1.54) is 25.7 Å². The Morgan fingerprint density at radius 3 is 2.60 bits per heavy atom. The summed E-state index contributed by atoms with van der Waals surface area (Å²) in [4.78, 5) is 4.41. The fourth-order valence-electron chi connectivity index (χ4n) is 3.04. The number of imidazole rings is 1. The number of halogens is 2. The molecule has 0 saturated heterocycles. The summed E-state index contributed by atoms with van der Waals surface area (Å²) >= 11 is 14.1. The molecular formula is C14H17Cl2N3S. The van der Waals surface area contributed by atoms with E-state index in [0.717, 1.165) is 17.6 Å². The third kappa shape index (κ3) is 2.38. The minimum absolute atomic E-state index is 0.272. The van der Waals surface area contributed by atoms with Crippen LogP contribution in [0.2, 0.25) is 10.0 Å². The second-order valence-electron chi connectivity index (χ2n) is 5.41. The van der Waals surface area contributed by atoms with Crippen molar-refractivity contribution in [3.63, 3.8) is 0 Å². The Hall–Kier alpha value is -0.580. The van der Waals surface area contributed by atoms with Crippen molar-refractivity contribution >= 4 is 51.9 Å². The highest BCUT2D eigenvalue weighted by Crippen LogP contribution is 2.42. The summed E-state index contributed by atoms with van der Waals surface area (Å²) in [5, 5.41) is 1.06. The van der Waals surface area contributed by atoms with Crippen LogP contribution in [0.1, 0.15) is 25.7 Å². The molecule has 1 aromatic heterocycles. The lowest BCUT2D eigenvalue weighted by Gasteiger charge is -2.27. The molecule has 0 amide bonds. The Morgan fingerprint density at radius 1 is 1.30 bits per heavy atom. The Labute approximate surface area is 132 Å². The molecule has 0 spiro atoms. The summed E-state index contributed by atoms with van der Waals surface area (Å²) in [6.07, 6.45) is 7.23. The minimum Gasteiger partial charge on any atom is -0.369 e. The molecule has 1 saturated carbocycles. The third-order valence-corrected chi connectivity index (χ3v) is 6.34. The van der Waals surface area contributed by atoms with E-state index < -0.39 is 0 Å². The van der Waals surface area contributed by atoms with E-state index >= 15 is 0 Å². The number of nitrogens with two attached hydrogens (primary N) is 1. The Kier molecular flexibility index (Phi) is 3.82. The first-order valence-corrected chi connectivity index (χ1v) is 8.69. The topological polar surface area (TPSA) is 43.8 Å². The van der Waals surface area contributed by atoms with E-state index in [-0.39, 0.29) is 4.75 Å². The van der Waals surface area contributed by atoms with E-state index in [2.05, 4.69) is 15.8 Å². The van der Waals surface area contributed by atoms with Crippen molar-refractivity contribution in [2.24, 2.45) is 0 Å². The van der Waals surface area contributed by atoms with E-state index in [9.17, 15) is 0 Å². The zero-order valence-electron chi connectivity index (χ0n) is 11.3. The van der Waals surface area contributed by atoms with Gasteiger partial charge in [-0.25, -0.2) is 4.98 Å². The third-order valence-electron chi connectivity index (χ3n) is 4.21. The molecule has 1 aromatic carbocycles. The number of nitrogen functional groups attached to an aromatic ring is 1. The van der Waals surface area contributed by atoms with Gasteiger partial charge in [0.15, 0.2) is 0 Å². The molecule has 1 heterocycles. The molecule has 20 heavy (non-hydrogen) atoms. The van der Waals surface area contributed by atoms with Crippen molar-refractivity contribution < 1.29 is 0 Å². The van der Waals surface area contributed by atoms with E-state index in [4.69, 9.17) is 28.9 Å². The summed E-state index contributed by atoms with van der Waals surface area (Å²) < 4.78 is 2.35. The van der Waals surface area contributed by atoms with Crippen LogP contribution in [-0.4, -0.2) is 20.6 Å². The van der Waals surface area contributed by atoms with Crippen molar-refractivity contribution in [2.75, 3.05) is 12.0 Å². The normalized spacial score (nSPS) is 17.9. The average Bonchev–Trinajstić information content (AvgIpc) is 2.99. The predicted molar refractivity (Wildman–Crippen MR) is 88.9 cm³/mol. The molecule has 0 bridgehead atoms. The summed E-state index contributed by atoms with van der Waals surface area (Å²) in [6.45, 7) is 0.883. The Bertz CT molecular complexity index is 647. The molecule has 0 atom stereocenters. The molecule has 0 radical (unpaired) electrons. The maximum atomic E-state index is 6.14. The number of nitrogens with zero attached hydrogens (tertiary/aromatic N) is 2. The van der Waals surface area contributed by atoms with Gasteiger partial charge in [-0.05, 0) is 31.2 Å². The van der Waals surface area contributed by atoms with E-state index in [1.807, 2.05) is 17.8 Å². The lowest BCUT2D eigenvalue weighted by molar-refractivity contribution is 0.518. The number of benzene rings is 1. The van der Waals surface area contributed by atoms with Gasteiger partial charge in [0.1, 0.15) is 0 Å². The highest BCUT2D eigenvalue weighted by Gasteiger charge is 2.34. The lowest BCUT2D eigenvalue weighted by Crippen LogP contribution is -2.27. The number of rotatable bonds is 3. The molecule has 6 heteroatoms. The monoisotopic (exact) mass is 329 g/mol. The molecule has 3 rings (SSSR count). The zero-order chi connectivity index (χ0) is 14.3. The molecule has 1 aliphatic carbocycles. The van der Waals surface area contributed by atoms with Crippen molar-refractivity contribution in [3.8, 4) is 0 Å². The minimum atomic E-state index is 0.272. The van der Waals surface area contributed by atoms with Gasteiger partial charge in [-0.15, -0.1) is 0 Å². The highest BCUT2D eigenvalue weighted by atomic mass is 35.5. The van der Waals surface area contributed by atoms with E-state index in [1.54, 1.807) is 6.07 Å². The van der Waals surface area contributed by atoms with Crippen LogP contribution in [0.25, 0.3) is 11.0 Å². The van der Waals surface area contributed by atoms with Gasteiger partial charge >= 0.3 is 0 Å². The SMILES string of the molecule is CSC1(Cn2c(N)nc3cc(Cl)c(Cl)cc32)CCCC1. The van der Waals surface area contributed by atoms with Crippen molar-refractivity contribution in [1.82, 2.24) is 9.55 Å². The molecule has 3 nitrogen and oxygen atoms in total. The van der Waals surface area contributed by atoms with Crippen LogP contribution in [0.5, 0.6) is 0 Å². The maximum Gasteiger partial charge on any atom is 0.201 e. The van der Waals surface area contributed by atoms with Crippen molar-refractivity contribution in [2.45, 2.75) is 37.0 Å². The Morgan fingerprint density at radius 2 is 1.95 bits per heavy atom. The molecule has 0 unspecified atom stereocenters. The van der Waals surface area contributed by atoms with Crippen LogP contribution in [-0.2, 0) is 6.54 Å². The number of aromatic nitrogens is 2. The second-order valence-corrected chi connectivity index (χ2v) is 7.49. The Balaban J connectivity index is 2.06. The van der Waals surface area contributed by atoms with Crippen LogP contribution < -0.4 is 5.73 Å². The fourth-order valence-corrected chi connectivity index (χ4v) is 4.31. The number of fused-ring (bicyclic) bond motifs is 1. The van der Waals surface area contributed by atoms with Gasteiger partial charge in [0.05, 0.1) is 21.1 Å². The summed E-state index contributed by atoms with van der Waals surface area (Å²) in [6, 6.07) is 3.65. The van der Waals surface area contributed by atoms with Gasteiger partial charge in [-0.3, -0.25) is 0 Å². The second kappa shape index (κ2) is 5.32. The standard InChI is InChI=1S/C14H17Cl2N3S/c1-20-14(4-2-3-5-14)8-19-12-7-10(16)9(15)6-11(12)18-13(19)17/h6-7H,2-5,8H2,1H3,(H2,17,18). The number of hydrogen-bond acceptors (Lipinski definition) is 3. The lowest BCUT2D eigenvalue weighted by atomic mass is 10.1. The van der Waals surface area contributed by atoms with Crippen LogP contribution in [0.3, 0.4) is 0 Å². The molecule has 108 valence electrons. The summed E-state index contributed by atoms with van der Waals surface area (Å²) in [5.41, 5.74) is 7.88. The average molecular weight is 330 g/mol. The van der Waals surface area contributed by atoms with Gasteiger partial charge < -0.3 is 10.3 Å². The van der Waals surface area contributed by atoms with Gasteiger partial charge in [-0.2, -0.15) is 11.8 Å². The zero-order valence-corrected chi connectivity index (χ0v) is 13.7. The molecule has 2 aromatic rings. The van der Waals surface area contributed by atoms with Gasteiger partial charge in [-0.1, -0.05) is 36.0 Å². The molecule has 2 N–H and O–H groups in total. The largest absolute Gasteiger partial charge is 0.369 e. The highest BCUT2D eigenvalue weighted by molar-refractivity contribution is 8.00. The van der Waals surface area contributed by atoms with Gasteiger partial charge in [0.2, 0.25) is 5.95 Å². The van der Waals surface area contributed by atoms with Crippen LogP contribution in [0.4, 0.5) is 5.95 Å². The summed E-state index contributed by atoms with van der Waals surface area (Å²) in [7, 11) is 0. The molecule has 0 aliphatic heterocycles. The van der Waals surface area contributed by atoms with E-state index in [0.29, 0.717) is 16.0 Å². The molecule has 1 fully saturated rings.